The summed E-state index contributed by atoms with van der Waals surface area (Å²) >= 11 is 0. The SMILES string of the molecule is CCOC(=O)N(Cc1ccc2c(c1)OCO2)C1CCS(=O)(=O)C1. The van der Waals surface area contributed by atoms with Gasteiger partial charge in [-0.3, -0.25) is 4.90 Å². The monoisotopic (exact) mass is 341 g/mol. The van der Waals surface area contributed by atoms with E-state index in [4.69, 9.17) is 14.2 Å². The summed E-state index contributed by atoms with van der Waals surface area (Å²) in [6, 6.07) is 5.07. The van der Waals surface area contributed by atoms with Crippen LogP contribution in [0.5, 0.6) is 11.5 Å². The first-order valence-corrected chi connectivity index (χ1v) is 9.33. The first kappa shape index (κ1) is 15.9. The summed E-state index contributed by atoms with van der Waals surface area (Å²) in [7, 11) is -3.08. The van der Waals surface area contributed by atoms with Crippen LogP contribution in [0.15, 0.2) is 18.2 Å². The first-order chi connectivity index (χ1) is 11.0. The lowest BCUT2D eigenvalue weighted by molar-refractivity contribution is 0.0909. The van der Waals surface area contributed by atoms with Crippen molar-refractivity contribution in [1.82, 2.24) is 4.90 Å². The highest BCUT2D eigenvalue weighted by atomic mass is 32.2. The van der Waals surface area contributed by atoms with Crippen molar-refractivity contribution in [3.05, 3.63) is 23.8 Å². The van der Waals surface area contributed by atoms with E-state index in [0.29, 0.717) is 17.9 Å². The molecule has 1 saturated heterocycles. The van der Waals surface area contributed by atoms with Gasteiger partial charge in [-0.05, 0) is 31.0 Å². The molecule has 23 heavy (non-hydrogen) atoms. The molecule has 0 aliphatic carbocycles. The van der Waals surface area contributed by atoms with E-state index in [2.05, 4.69) is 0 Å². The Bertz CT molecular complexity index is 702. The van der Waals surface area contributed by atoms with Gasteiger partial charge in [-0.2, -0.15) is 0 Å². The Balaban J connectivity index is 1.79. The highest BCUT2D eigenvalue weighted by Gasteiger charge is 2.35. The minimum atomic E-state index is -3.08. The minimum Gasteiger partial charge on any atom is -0.454 e. The number of fused-ring (bicyclic) bond motifs is 1. The molecule has 0 radical (unpaired) electrons. The number of ether oxygens (including phenoxy) is 3. The van der Waals surface area contributed by atoms with Crippen LogP contribution in [0, 0.1) is 0 Å². The van der Waals surface area contributed by atoms with Gasteiger partial charge in [0.15, 0.2) is 21.3 Å². The molecule has 2 aliphatic rings. The molecule has 1 fully saturated rings. The fraction of sp³-hybridized carbons (Fsp3) is 0.533. The number of hydrogen-bond acceptors (Lipinski definition) is 6. The molecule has 7 nitrogen and oxygen atoms in total. The molecule has 1 unspecified atom stereocenters. The van der Waals surface area contributed by atoms with E-state index < -0.39 is 15.9 Å². The molecule has 0 aromatic heterocycles. The van der Waals surface area contributed by atoms with Gasteiger partial charge in [0.2, 0.25) is 6.79 Å². The fourth-order valence-electron chi connectivity index (χ4n) is 2.81. The Morgan fingerprint density at radius 3 is 2.83 bits per heavy atom. The van der Waals surface area contributed by atoms with Gasteiger partial charge in [-0.25, -0.2) is 13.2 Å². The van der Waals surface area contributed by atoms with E-state index in [1.54, 1.807) is 19.1 Å². The van der Waals surface area contributed by atoms with E-state index >= 15 is 0 Å². The van der Waals surface area contributed by atoms with Gasteiger partial charge in [-0.15, -0.1) is 0 Å². The van der Waals surface area contributed by atoms with Gasteiger partial charge in [0, 0.05) is 6.54 Å². The van der Waals surface area contributed by atoms with Gasteiger partial charge in [0.25, 0.3) is 0 Å². The fourth-order valence-corrected chi connectivity index (χ4v) is 4.54. The highest BCUT2D eigenvalue weighted by molar-refractivity contribution is 7.91. The molecule has 0 N–H and O–H groups in total. The number of nitrogens with zero attached hydrogens (tertiary/aromatic N) is 1. The normalized spacial score (nSPS) is 21.2. The van der Waals surface area contributed by atoms with Gasteiger partial charge < -0.3 is 14.2 Å². The molecule has 2 heterocycles. The van der Waals surface area contributed by atoms with E-state index in [-0.39, 0.29) is 37.5 Å². The third-order valence-corrected chi connectivity index (χ3v) is 5.69. The van der Waals surface area contributed by atoms with Crippen LogP contribution in [0.1, 0.15) is 18.9 Å². The van der Waals surface area contributed by atoms with Crippen molar-refractivity contribution in [2.24, 2.45) is 0 Å². The molecule has 0 spiro atoms. The zero-order valence-corrected chi connectivity index (χ0v) is 13.7. The number of carbonyl (C=O) groups excluding carboxylic acids is 1. The predicted octanol–water partition coefficient (Wildman–Crippen LogP) is 1.56. The summed E-state index contributed by atoms with van der Waals surface area (Å²) < 4.78 is 39.1. The van der Waals surface area contributed by atoms with E-state index in [9.17, 15) is 13.2 Å². The van der Waals surface area contributed by atoms with Gasteiger partial charge in [0.05, 0.1) is 24.2 Å². The molecule has 126 valence electrons. The van der Waals surface area contributed by atoms with E-state index in [1.165, 1.54) is 4.90 Å². The van der Waals surface area contributed by atoms with Crippen molar-refractivity contribution in [3.8, 4) is 11.5 Å². The molecule has 1 atom stereocenters. The molecule has 8 heteroatoms. The topological polar surface area (TPSA) is 82.1 Å². The van der Waals surface area contributed by atoms with Crippen LogP contribution in [0.4, 0.5) is 4.79 Å². The molecular weight excluding hydrogens is 322 g/mol. The van der Waals surface area contributed by atoms with Gasteiger partial charge in [0.1, 0.15) is 0 Å². The Hall–Kier alpha value is -1.96. The number of benzene rings is 1. The second-order valence-corrected chi connectivity index (χ2v) is 7.80. The second-order valence-electron chi connectivity index (χ2n) is 5.57. The van der Waals surface area contributed by atoms with Crippen LogP contribution in [0.25, 0.3) is 0 Å². The van der Waals surface area contributed by atoms with Crippen molar-refractivity contribution in [1.29, 1.82) is 0 Å². The van der Waals surface area contributed by atoms with Crippen molar-refractivity contribution >= 4 is 15.9 Å². The zero-order chi connectivity index (χ0) is 16.4. The third kappa shape index (κ3) is 3.52. The lowest BCUT2D eigenvalue weighted by Crippen LogP contribution is -2.41. The summed E-state index contributed by atoms with van der Waals surface area (Å²) in [6.45, 7) is 2.43. The maximum absolute atomic E-state index is 12.2. The number of carbonyl (C=O) groups is 1. The van der Waals surface area contributed by atoms with Crippen LogP contribution < -0.4 is 9.47 Å². The van der Waals surface area contributed by atoms with E-state index in [1.807, 2.05) is 6.07 Å². The molecule has 2 aliphatic heterocycles. The van der Waals surface area contributed by atoms with Crippen molar-refractivity contribution in [3.63, 3.8) is 0 Å². The van der Waals surface area contributed by atoms with E-state index in [0.717, 1.165) is 5.56 Å². The number of sulfone groups is 1. The maximum Gasteiger partial charge on any atom is 0.410 e. The molecule has 1 aromatic carbocycles. The summed E-state index contributed by atoms with van der Waals surface area (Å²) in [6.07, 6.45) is -0.0571. The largest absolute Gasteiger partial charge is 0.454 e. The summed E-state index contributed by atoms with van der Waals surface area (Å²) in [5.74, 6) is 1.38. The number of rotatable bonds is 4. The van der Waals surface area contributed by atoms with Crippen LogP contribution >= 0.6 is 0 Å². The van der Waals surface area contributed by atoms with Crippen molar-refractivity contribution in [2.75, 3.05) is 24.9 Å². The minimum absolute atomic E-state index is 0.0175. The Morgan fingerprint density at radius 1 is 1.35 bits per heavy atom. The Kier molecular flexibility index (Phi) is 4.34. The van der Waals surface area contributed by atoms with Crippen LogP contribution in [0.2, 0.25) is 0 Å². The second kappa shape index (κ2) is 6.27. The molecule has 0 bridgehead atoms. The Labute approximate surface area is 135 Å². The van der Waals surface area contributed by atoms with Gasteiger partial charge >= 0.3 is 6.09 Å². The predicted molar refractivity (Wildman–Crippen MR) is 82.2 cm³/mol. The standard InChI is InChI=1S/C15H19NO6S/c1-2-20-15(17)16(12-5-6-23(18,19)9-12)8-11-3-4-13-14(7-11)22-10-21-13/h3-4,7,12H,2,5-6,8-10H2,1H3. The third-order valence-electron chi connectivity index (χ3n) is 3.94. The maximum atomic E-state index is 12.2. The average Bonchev–Trinajstić information content (AvgIpc) is 3.10. The average molecular weight is 341 g/mol. The van der Waals surface area contributed by atoms with Crippen LogP contribution in [-0.2, 0) is 21.1 Å². The van der Waals surface area contributed by atoms with Gasteiger partial charge in [-0.1, -0.05) is 6.07 Å². The summed E-state index contributed by atoms with van der Waals surface area (Å²) in [4.78, 5) is 13.7. The van der Waals surface area contributed by atoms with Crippen molar-refractivity contribution in [2.45, 2.75) is 25.9 Å². The molecular formula is C15H19NO6S. The smallest absolute Gasteiger partial charge is 0.410 e. The lowest BCUT2D eigenvalue weighted by atomic mass is 10.1. The number of amides is 1. The number of hydrogen-bond donors (Lipinski definition) is 0. The quantitative estimate of drug-likeness (QED) is 0.827. The molecule has 0 saturated carbocycles. The highest BCUT2D eigenvalue weighted by Crippen LogP contribution is 2.33. The lowest BCUT2D eigenvalue weighted by Gasteiger charge is -2.27. The zero-order valence-electron chi connectivity index (χ0n) is 12.9. The summed E-state index contributed by atoms with van der Waals surface area (Å²) in [5, 5.41) is 0. The van der Waals surface area contributed by atoms with Crippen LogP contribution in [-0.4, -0.2) is 50.4 Å². The summed E-state index contributed by atoms with van der Waals surface area (Å²) in [5.41, 5.74) is 0.839. The molecule has 1 amide bonds. The first-order valence-electron chi connectivity index (χ1n) is 7.51. The molecule has 3 rings (SSSR count). The van der Waals surface area contributed by atoms with Crippen molar-refractivity contribution < 1.29 is 27.4 Å². The van der Waals surface area contributed by atoms with Crippen LogP contribution in [0.3, 0.4) is 0 Å². The Morgan fingerprint density at radius 2 is 2.13 bits per heavy atom. The molecule has 1 aromatic rings.